The summed E-state index contributed by atoms with van der Waals surface area (Å²) >= 11 is 0. The lowest BCUT2D eigenvalue weighted by Gasteiger charge is -2.44. The quantitative estimate of drug-likeness (QED) is 0.606. The van der Waals surface area contributed by atoms with Crippen LogP contribution in [0, 0.1) is 0 Å². The molecule has 202 valence electrons. The minimum absolute atomic E-state index is 0.113. The van der Waals surface area contributed by atoms with Crippen LogP contribution >= 0.6 is 0 Å². The molecule has 2 aliphatic heterocycles. The highest BCUT2D eigenvalue weighted by Crippen LogP contribution is 2.40. The number of carbonyl (C=O) groups is 2. The van der Waals surface area contributed by atoms with Crippen LogP contribution in [0.15, 0.2) is 6.20 Å². The molecule has 1 N–H and O–H groups in total. The van der Waals surface area contributed by atoms with E-state index in [1.165, 1.54) is 11.9 Å². The first-order valence-electron chi connectivity index (χ1n) is 11.4. The third-order valence-electron chi connectivity index (χ3n) is 7.33. The molecule has 0 bridgehead atoms. The van der Waals surface area contributed by atoms with Gasteiger partial charge in [0.25, 0.3) is 12.0 Å². The van der Waals surface area contributed by atoms with E-state index in [-0.39, 0.29) is 31.6 Å². The standard InChI is InChI=1S/C21H27F6N5O4/c1-18(5-7-30(8-6-18)17(34)36-16(20(22,23)24)21(25,26)27)29(2)15(33)13-11-31-9-10-32(12-14(31)28-13)19(35)3-4-19/h11,16,35H,3-10,12H2,1-2H3. The second-order valence-electron chi connectivity index (χ2n) is 9.83. The molecule has 1 saturated carbocycles. The summed E-state index contributed by atoms with van der Waals surface area (Å²) in [6.45, 7) is 2.93. The number of nitrogens with zero attached hydrogens (tertiary/aromatic N) is 5. The highest BCUT2D eigenvalue weighted by atomic mass is 19.4. The summed E-state index contributed by atoms with van der Waals surface area (Å²) < 4.78 is 81.9. The fourth-order valence-corrected chi connectivity index (χ4v) is 4.56. The first kappa shape index (κ1) is 26.5. The van der Waals surface area contributed by atoms with Crippen LogP contribution in [0.1, 0.15) is 48.9 Å². The molecule has 1 aromatic heterocycles. The molecule has 0 radical (unpaired) electrons. The fourth-order valence-electron chi connectivity index (χ4n) is 4.56. The van der Waals surface area contributed by atoms with Crippen molar-refractivity contribution in [2.24, 2.45) is 0 Å². The topological polar surface area (TPSA) is 91.1 Å². The summed E-state index contributed by atoms with van der Waals surface area (Å²) in [7, 11) is 1.54. The van der Waals surface area contributed by atoms with Gasteiger partial charge in [0.15, 0.2) is 0 Å². The first-order valence-corrected chi connectivity index (χ1v) is 11.4. The predicted octanol–water partition coefficient (Wildman–Crippen LogP) is 2.74. The highest BCUT2D eigenvalue weighted by molar-refractivity contribution is 5.92. The maximum atomic E-state index is 13.2. The number of likely N-dealkylation sites (tertiary alicyclic amines) is 1. The summed E-state index contributed by atoms with van der Waals surface area (Å²) in [6.07, 6.45) is -14.3. The predicted molar refractivity (Wildman–Crippen MR) is 111 cm³/mol. The smallest absolute Gasteiger partial charge is 0.426 e. The largest absolute Gasteiger partial charge is 0.434 e. The van der Waals surface area contributed by atoms with E-state index in [1.807, 2.05) is 9.47 Å². The van der Waals surface area contributed by atoms with Gasteiger partial charge in [-0.25, -0.2) is 9.78 Å². The number of imidazole rings is 1. The van der Waals surface area contributed by atoms with E-state index >= 15 is 0 Å². The van der Waals surface area contributed by atoms with Crippen LogP contribution in [0.25, 0.3) is 0 Å². The van der Waals surface area contributed by atoms with E-state index in [4.69, 9.17) is 0 Å². The van der Waals surface area contributed by atoms with E-state index < -0.39 is 41.7 Å². The molecule has 0 unspecified atom stereocenters. The summed E-state index contributed by atoms with van der Waals surface area (Å²) in [5.74, 6) is 0.242. The van der Waals surface area contributed by atoms with E-state index in [0.717, 1.165) is 4.90 Å². The average molecular weight is 527 g/mol. The van der Waals surface area contributed by atoms with Crippen LogP contribution in [0.2, 0.25) is 0 Å². The zero-order valence-electron chi connectivity index (χ0n) is 19.7. The molecule has 15 heteroatoms. The van der Waals surface area contributed by atoms with Gasteiger partial charge in [0, 0.05) is 45.0 Å². The molecule has 9 nitrogen and oxygen atoms in total. The lowest BCUT2D eigenvalue weighted by molar-refractivity contribution is -0.308. The minimum atomic E-state index is -5.79. The number of piperidine rings is 1. The molecule has 0 spiro atoms. The summed E-state index contributed by atoms with van der Waals surface area (Å²) in [4.78, 5) is 33.8. The number of rotatable bonds is 4. The average Bonchev–Trinajstić information content (AvgIpc) is 3.39. The number of amides is 2. The van der Waals surface area contributed by atoms with Gasteiger partial charge in [-0.15, -0.1) is 0 Å². The minimum Gasteiger partial charge on any atom is -0.426 e. The van der Waals surface area contributed by atoms with Gasteiger partial charge in [0.1, 0.15) is 17.2 Å². The molecular formula is C21H27F6N5O4. The Hall–Kier alpha value is -2.55. The third-order valence-corrected chi connectivity index (χ3v) is 7.33. The molecule has 1 saturated heterocycles. The number of aliphatic hydroxyl groups is 1. The zero-order valence-corrected chi connectivity index (χ0v) is 19.7. The van der Waals surface area contributed by atoms with Crippen LogP contribution in [0.5, 0.6) is 0 Å². The molecule has 2 amide bonds. The molecule has 4 rings (SSSR count). The third kappa shape index (κ3) is 5.12. The van der Waals surface area contributed by atoms with Gasteiger partial charge in [-0.1, -0.05) is 0 Å². The zero-order chi connectivity index (χ0) is 26.7. The second-order valence-corrected chi connectivity index (χ2v) is 9.83. The van der Waals surface area contributed by atoms with Gasteiger partial charge in [-0.2, -0.15) is 26.3 Å². The van der Waals surface area contributed by atoms with Crippen molar-refractivity contribution in [1.82, 2.24) is 24.3 Å². The molecular weight excluding hydrogens is 500 g/mol. The summed E-state index contributed by atoms with van der Waals surface area (Å²) in [5, 5.41) is 10.3. The lowest BCUT2D eigenvalue weighted by Crippen LogP contribution is -2.56. The van der Waals surface area contributed by atoms with Crippen molar-refractivity contribution in [3.63, 3.8) is 0 Å². The number of hydrogen-bond donors (Lipinski definition) is 1. The van der Waals surface area contributed by atoms with Crippen molar-refractivity contribution in [3.05, 3.63) is 17.7 Å². The van der Waals surface area contributed by atoms with Gasteiger partial charge < -0.3 is 24.2 Å². The Labute approximate surface area is 202 Å². The molecule has 0 atom stereocenters. The monoisotopic (exact) mass is 527 g/mol. The van der Waals surface area contributed by atoms with Crippen molar-refractivity contribution in [1.29, 1.82) is 0 Å². The Morgan fingerprint density at radius 1 is 1.06 bits per heavy atom. The molecule has 3 heterocycles. The van der Waals surface area contributed by atoms with E-state index in [1.54, 1.807) is 13.1 Å². The Morgan fingerprint density at radius 3 is 2.17 bits per heavy atom. The van der Waals surface area contributed by atoms with Crippen LogP contribution in [-0.2, 0) is 17.8 Å². The van der Waals surface area contributed by atoms with Crippen LogP contribution in [0.3, 0.4) is 0 Å². The number of aromatic nitrogens is 2. The van der Waals surface area contributed by atoms with Crippen LogP contribution in [0.4, 0.5) is 31.1 Å². The van der Waals surface area contributed by atoms with Crippen molar-refractivity contribution in [3.8, 4) is 0 Å². The maximum absolute atomic E-state index is 13.2. The molecule has 1 aromatic rings. The number of ether oxygens (including phenoxy) is 1. The fraction of sp³-hybridized carbons (Fsp3) is 0.762. The van der Waals surface area contributed by atoms with Gasteiger partial charge in [-0.3, -0.25) is 9.69 Å². The van der Waals surface area contributed by atoms with E-state index in [2.05, 4.69) is 9.72 Å². The van der Waals surface area contributed by atoms with Crippen molar-refractivity contribution < 1.29 is 45.8 Å². The van der Waals surface area contributed by atoms with Crippen molar-refractivity contribution in [2.45, 2.75) is 75.4 Å². The number of halogens is 6. The maximum Gasteiger partial charge on any atom is 0.434 e. The normalized spacial score (nSPS) is 21.8. The number of alkyl halides is 6. The van der Waals surface area contributed by atoms with E-state index in [0.29, 0.717) is 38.3 Å². The summed E-state index contributed by atoms with van der Waals surface area (Å²) in [5.41, 5.74) is -1.43. The number of fused-ring (bicyclic) bond motifs is 1. The van der Waals surface area contributed by atoms with Gasteiger partial charge in [0.2, 0.25) is 0 Å². The Kier molecular flexibility index (Phi) is 6.47. The van der Waals surface area contributed by atoms with Crippen molar-refractivity contribution >= 4 is 12.0 Å². The van der Waals surface area contributed by atoms with Crippen LogP contribution in [-0.4, -0.2) is 97.8 Å². The first-order chi connectivity index (χ1) is 16.5. The summed E-state index contributed by atoms with van der Waals surface area (Å²) in [6, 6.07) is 0. The van der Waals surface area contributed by atoms with Gasteiger partial charge >= 0.3 is 18.4 Å². The van der Waals surface area contributed by atoms with Gasteiger partial charge in [-0.05, 0) is 32.6 Å². The molecule has 1 aliphatic carbocycles. The Bertz CT molecular complexity index is 999. The van der Waals surface area contributed by atoms with Crippen LogP contribution < -0.4 is 0 Å². The lowest BCUT2D eigenvalue weighted by atomic mass is 9.88. The SMILES string of the molecule is CN(C(=O)c1cn2c(n1)CN(C1(O)CC1)CC2)C1(C)CCN(C(=O)OC(C(F)(F)F)C(F)(F)F)CC1. The molecule has 2 fully saturated rings. The number of carbonyl (C=O) groups excluding carboxylic acids is 2. The molecule has 0 aromatic carbocycles. The second kappa shape index (κ2) is 8.78. The molecule has 36 heavy (non-hydrogen) atoms. The molecule has 3 aliphatic rings. The van der Waals surface area contributed by atoms with Gasteiger partial charge in [0.05, 0.1) is 6.54 Å². The number of hydrogen-bond acceptors (Lipinski definition) is 6. The Morgan fingerprint density at radius 2 is 1.64 bits per heavy atom. The highest BCUT2D eigenvalue weighted by Gasteiger charge is 2.60. The Balaban J connectivity index is 1.37. The van der Waals surface area contributed by atoms with E-state index in [9.17, 15) is 41.0 Å². The van der Waals surface area contributed by atoms with Crippen molar-refractivity contribution in [2.75, 3.05) is 26.7 Å².